The van der Waals surface area contributed by atoms with Crippen molar-refractivity contribution in [3.8, 4) is 0 Å². The van der Waals surface area contributed by atoms with Crippen LogP contribution >= 0.6 is 15.9 Å². The Morgan fingerprint density at radius 2 is 2.19 bits per heavy atom. The molecule has 0 aromatic heterocycles. The number of ether oxygens (including phenoxy) is 1. The summed E-state index contributed by atoms with van der Waals surface area (Å²) in [5.74, 6) is -1.50. The van der Waals surface area contributed by atoms with E-state index < -0.39 is 11.9 Å². The van der Waals surface area contributed by atoms with Gasteiger partial charge in [0.05, 0.1) is 11.3 Å². The van der Waals surface area contributed by atoms with Gasteiger partial charge in [0.25, 0.3) is 0 Å². The van der Waals surface area contributed by atoms with Crippen molar-refractivity contribution in [2.45, 2.75) is 0 Å². The number of halogens is 1. The van der Waals surface area contributed by atoms with Crippen LogP contribution in [-0.2, 0) is 9.53 Å². The van der Waals surface area contributed by atoms with Crippen LogP contribution in [0, 0.1) is 0 Å². The molecule has 0 saturated heterocycles. The number of carboxylic acids is 1. The zero-order valence-corrected chi connectivity index (χ0v) is 10.1. The maximum absolute atomic E-state index is 11.2. The minimum absolute atomic E-state index is 0.0267. The van der Waals surface area contributed by atoms with Crippen LogP contribution in [0.2, 0.25) is 0 Å². The fraction of sp³-hybridized carbons (Fsp3) is 0.200. The predicted molar refractivity (Wildman–Crippen MR) is 61.6 cm³/mol. The summed E-state index contributed by atoms with van der Waals surface area (Å²) in [6.07, 6.45) is 0. The molecular weight excluding hydrogens is 278 g/mol. The van der Waals surface area contributed by atoms with Crippen LogP contribution < -0.4 is 5.32 Å². The lowest BCUT2D eigenvalue weighted by Gasteiger charge is -2.08. The van der Waals surface area contributed by atoms with E-state index in [9.17, 15) is 9.59 Å². The van der Waals surface area contributed by atoms with Gasteiger partial charge in [-0.05, 0) is 18.2 Å². The van der Waals surface area contributed by atoms with Gasteiger partial charge in [0.15, 0.2) is 0 Å². The third kappa shape index (κ3) is 3.32. The molecule has 1 aromatic rings. The highest BCUT2D eigenvalue weighted by Gasteiger charge is 2.12. The number of nitrogens with one attached hydrogen (secondary N) is 1. The molecule has 0 heterocycles. The largest absolute Gasteiger partial charge is 0.478 e. The molecule has 2 N–H and O–H groups in total. The van der Waals surface area contributed by atoms with Crippen LogP contribution in [0.3, 0.4) is 0 Å². The Bertz CT molecular complexity index is 419. The van der Waals surface area contributed by atoms with Crippen LogP contribution in [0.1, 0.15) is 10.4 Å². The Labute approximate surface area is 101 Å². The summed E-state index contributed by atoms with van der Waals surface area (Å²) in [6.45, 7) is -0.116. The van der Waals surface area contributed by atoms with Crippen molar-refractivity contribution in [2.75, 3.05) is 19.0 Å². The molecule has 6 heteroatoms. The lowest BCUT2D eigenvalue weighted by molar-refractivity contribution is -0.119. The second kappa shape index (κ2) is 5.62. The van der Waals surface area contributed by atoms with E-state index in [2.05, 4.69) is 26.0 Å². The van der Waals surface area contributed by atoms with Crippen molar-refractivity contribution in [3.63, 3.8) is 0 Å². The molecule has 0 spiro atoms. The Hall–Kier alpha value is -1.40. The first kappa shape index (κ1) is 12.7. The lowest BCUT2D eigenvalue weighted by Crippen LogP contribution is -2.19. The summed E-state index contributed by atoms with van der Waals surface area (Å²) >= 11 is 3.16. The first-order chi connectivity index (χ1) is 7.54. The molecule has 5 nitrogen and oxygen atoms in total. The van der Waals surface area contributed by atoms with Gasteiger partial charge >= 0.3 is 5.97 Å². The highest BCUT2D eigenvalue weighted by molar-refractivity contribution is 9.10. The summed E-state index contributed by atoms with van der Waals surface area (Å²) < 4.78 is 5.27. The van der Waals surface area contributed by atoms with Crippen LogP contribution in [0.4, 0.5) is 5.69 Å². The molecule has 0 aliphatic carbocycles. The number of methoxy groups -OCH3 is 1. The minimum Gasteiger partial charge on any atom is -0.478 e. The molecule has 0 unspecified atom stereocenters. The average Bonchev–Trinajstić information content (AvgIpc) is 2.20. The van der Waals surface area contributed by atoms with Crippen molar-refractivity contribution in [1.82, 2.24) is 0 Å². The maximum atomic E-state index is 11.2. The number of rotatable bonds is 4. The van der Waals surface area contributed by atoms with E-state index >= 15 is 0 Å². The predicted octanol–water partition coefficient (Wildman–Crippen LogP) is 1.73. The molecule has 1 aromatic carbocycles. The van der Waals surface area contributed by atoms with Gasteiger partial charge < -0.3 is 15.2 Å². The van der Waals surface area contributed by atoms with Gasteiger partial charge in [-0.2, -0.15) is 0 Å². The number of benzene rings is 1. The van der Waals surface area contributed by atoms with Gasteiger partial charge in [-0.1, -0.05) is 15.9 Å². The zero-order valence-electron chi connectivity index (χ0n) is 8.49. The number of aromatic carboxylic acids is 1. The molecule has 0 fully saturated rings. The van der Waals surface area contributed by atoms with Gasteiger partial charge in [0.1, 0.15) is 6.61 Å². The first-order valence-corrected chi connectivity index (χ1v) is 5.15. The number of carbonyl (C=O) groups excluding carboxylic acids is 1. The van der Waals surface area contributed by atoms with E-state index in [4.69, 9.17) is 5.11 Å². The molecule has 0 atom stereocenters. The average molecular weight is 288 g/mol. The van der Waals surface area contributed by atoms with Crippen molar-refractivity contribution in [2.24, 2.45) is 0 Å². The van der Waals surface area contributed by atoms with Crippen molar-refractivity contribution in [1.29, 1.82) is 0 Å². The van der Waals surface area contributed by atoms with Crippen LogP contribution in [0.15, 0.2) is 22.7 Å². The fourth-order valence-electron chi connectivity index (χ4n) is 1.12. The summed E-state index contributed by atoms with van der Waals surface area (Å²) in [7, 11) is 1.39. The van der Waals surface area contributed by atoms with Gasteiger partial charge in [0.2, 0.25) is 5.91 Å². The lowest BCUT2D eigenvalue weighted by atomic mass is 10.2. The zero-order chi connectivity index (χ0) is 12.1. The van der Waals surface area contributed by atoms with Gasteiger partial charge in [0, 0.05) is 11.6 Å². The molecule has 0 saturated carbocycles. The molecule has 0 radical (unpaired) electrons. The monoisotopic (exact) mass is 287 g/mol. The summed E-state index contributed by atoms with van der Waals surface area (Å²) in [5, 5.41) is 11.4. The molecule has 0 aliphatic heterocycles. The van der Waals surface area contributed by atoms with E-state index in [-0.39, 0.29) is 17.9 Å². The Morgan fingerprint density at radius 1 is 1.50 bits per heavy atom. The van der Waals surface area contributed by atoms with Gasteiger partial charge in [-0.25, -0.2) is 4.79 Å². The van der Waals surface area contributed by atoms with Crippen molar-refractivity contribution in [3.05, 3.63) is 28.2 Å². The summed E-state index contributed by atoms with van der Waals surface area (Å²) in [4.78, 5) is 22.1. The number of amides is 1. The fourth-order valence-corrected chi connectivity index (χ4v) is 1.48. The highest BCUT2D eigenvalue weighted by Crippen LogP contribution is 2.21. The Kier molecular flexibility index (Phi) is 4.45. The normalized spacial score (nSPS) is 9.88. The van der Waals surface area contributed by atoms with Gasteiger partial charge in [-0.3, -0.25) is 4.79 Å². The Balaban J connectivity index is 2.95. The van der Waals surface area contributed by atoms with Crippen molar-refractivity contribution >= 4 is 33.5 Å². The van der Waals surface area contributed by atoms with Crippen molar-refractivity contribution < 1.29 is 19.4 Å². The quantitative estimate of drug-likeness (QED) is 0.884. The Morgan fingerprint density at radius 3 is 2.75 bits per heavy atom. The van der Waals surface area contributed by atoms with E-state index in [0.29, 0.717) is 4.47 Å². The maximum Gasteiger partial charge on any atom is 0.337 e. The number of anilines is 1. The topological polar surface area (TPSA) is 75.6 Å². The van der Waals surface area contributed by atoms with E-state index in [1.807, 2.05) is 0 Å². The number of hydrogen-bond acceptors (Lipinski definition) is 3. The number of hydrogen-bond donors (Lipinski definition) is 2. The number of carbonyl (C=O) groups is 2. The molecule has 0 aliphatic rings. The smallest absolute Gasteiger partial charge is 0.337 e. The van der Waals surface area contributed by atoms with Crippen LogP contribution in [0.5, 0.6) is 0 Å². The van der Waals surface area contributed by atoms with E-state index in [0.717, 1.165) is 0 Å². The van der Waals surface area contributed by atoms with E-state index in [1.165, 1.54) is 19.2 Å². The second-order valence-electron chi connectivity index (χ2n) is 2.98. The second-order valence-corrected chi connectivity index (χ2v) is 3.89. The molecule has 1 rings (SSSR count). The molecular formula is C10H10BrNO4. The molecule has 86 valence electrons. The van der Waals surface area contributed by atoms with Crippen LogP contribution in [0.25, 0.3) is 0 Å². The number of carboxylic acid groups (broad SMARTS) is 1. The molecule has 0 bridgehead atoms. The standard InChI is InChI=1S/C10H10BrNO4/c1-16-5-9(13)12-8-3-2-6(11)4-7(8)10(14)15/h2-4H,5H2,1H3,(H,12,13)(H,14,15). The minimum atomic E-state index is -1.10. The van der Waals surface area contributed by atoms with E-state index in [1.54, 1.807) is 6.07 Å². The third-order valence-electron chi connectivity index (χ3n) is 1.76. The SMILES string of the molecule is COCC(=O)Nc1ccc(Br)cc1C(=O)O. The third-order valence-corrected chi connectivity index (χ3v) is 2.25. The highest BCUT2D eigenvalue weighted by atomic mass is 79.9. The summed E-state index contributed by atoms with van der Waals surface area (Å²) in [6, 6.07) is 4.58. The summed E-state index contributed by atoms with van der Waals surface area (Å²) in [5.41, 5.74) is 0.275. The first-order valence-electron chi connectivity index (χ1n) is 4.36. The van der Waals surface area contributed by atoms with Gasteiger partial charge in [-0.15, -0.1) is 0 Å². The molecule has 16 heavy (non-hydrogen) atoms. The van der Waals surface area contributed by atoms with Crippen LogP contribution in [-0.4, -0.2) is 30.7 Å². The molecule has 1 amide bonds.